The van der Waals surface area contributed by atoms with Crippen molar-refractivity contribution >= 4 is 22.8 Å². The van der Waals surface area contributed by atoms with Crippen molar-refractivity contribution in [1.29, 1.82) is 0 Å². The maximum atomic E-state index is 11.8. The van der Waals surface area contributed by atoms with Crippen LogP contribution in [0, 0.1) is 18.8 Å². The van der Waals surface area contributed by atoms with Crippen molar-refractivity contribution in [3.05, 3.63) is 35.6 Å². The number of carbonyl (C=O) groups is 2. The Balaban J connectivity index is 1.67. The van der Waals surface area contributed by atoms with Gasteiger partial charge in [-0.3, -0.25) is 9.59 Å². The van der Waals surface area contributed by atoms with Crippen molar-refractivity contribution in [2.75, 3.05) is 0 Å². The molecule has 1 saturated carbocycles. The second kappa shape index (κ2) is 4.67. The fourth-order valence-electron chi connectivity index (χ4n) is 2.45. The predicted molar refractivity (Wildman–Crippen MR) is 72.0 cm³/mol. The molecule has 2 N–H and O–H groups in total. The third-order valence-electron chi connectivity index (χ3n) is 3.81. The maximum absolute atomic E-state index is 11.8. The van der Waals surface area contributed by atoms with Gasteiger partial charge in [-0.25, -0.2) is 0 Å². The molecular weight excluding hydrogens is 258 g/mol. The van der Waals surface area contributed by atoms with Gasteiger partial charge in [0.2, 0.25) is 5.91 Å². The van der Waals surface area contributed by atoms with E-state index < -0.39 is 17.8 Å². The lowest BCUT2D eigenvalue weighted by atomic mass is 10.1. The second-order valence-corrected chi connectivity index (χ2v) is 5.15. The van der Waals surface area contributed by atoms with Gasteiger partial charge < -0.3 is 14.8 Å². The van der Waals surface area contributed by atoms with Crippen molar-refractivity contribution in [3.63, 3.8) is 0 Å². The number of aryl methyl sites for hydroxylation is 1. The molecule has 0 bridgehead atoms. The molecule has 0 aliphatic heterocycles. The van der Waals surface area contributed by atoms with E-state index in [0.29, 0.717) is 18.7 Å². The summed E-state index contributed by atoms with van der Waals surface area (Å²) in [7, 11) is 0. The van der Waals surface area contributed by atoms with E-state index in [1.807, 2.05) is 31.2 Å². The average Bonchev–Trinajstić information content (AvgIpc) is 3.18. The smallest absolute Gasteiger partial charge is 0.307 e. The van der Waals surface area contributed by atoms with Gasteiger partial charge in [0.15, 0.2) is 0 Å². The topological polar surface area (TPSA) is 79.5 Å². The molecule has 1 fully saturated rings. The number of hydrogen-bond acceptors (Lipinski definition) is 3. The number of nitrogens with one attached hydrogen (secondary N) is 1. The molecule has 1 aliphatic rings. The van der Waals surface area contributed by atoms with Crippen LogP contribution in [-0.4, -0.2) is 17.0 Å². The summed E-state index contributed by atoms with van der Waals surface area (Å²) in [4.78, 5) is 22.5. The molecule has 5 nitrogen and oxygen atoms in total. The number of hydrogen-bond donors (Lipinski definition) is 2. The van der Waals surface area contributed by atoms with Crippen LogP contribution in [0.25, 0.3) is 11.0 Å². The highest BCUT2D eigenvalue weighted by Gasteiger charge is 2.48. The lowest BCUT2D eigenvalue weighted by Gasteiger charge is -2.02. The zero-order chi connectivity index (χ0) is 14.3. The lowest BCUT2D eigenvalue weighted by molar-refractivity contribution is -0.140. The minimum Gasteiger partial charge on any atom is -0.481 e. The monoisotopic (exact) mass is 273 g/mol. The van der Waals surface area contributed by atoms with Crippen LogP contribution >= 0.6 is 0 Å². The number of para-hydroxylation sites is 1. The minimum absolute atomic E-state index is 0.211. The van der Waals surface area contributed by atoms with E-state index >= 15 is 0 Å². The van der Waals surface area contributed by atoms with Crippen LogP contribution in [0.15, 0.2) is 28.7 Å². The number of aliphatic carboxylic acids is 1. The third kappa shape index (κ3) is 2.15. The summed E-state index contributed by atoms with van der Waals surface area (Å²) in [6, 6.07) is 7.69. The minimum atomic E-state index is -0.898. The van der Waals surface area contributed by atoms with Crippen LogP contribution in [0.2, 0.25) is 0 Å². The molecule has 2 atom stereocenters. The van der Waals surface area contributed by atoms with Crippen LogP contribution in [0.1, 0.15) is 17.7 Å². The highest BCUT2D eigenvalue weighted by molar-refractivity contribution is 5.89. The molecule has 0 radical (unpaired) electrons. The van der Waals surface area contributed by atoms with Crippen LogP contribution in [0.4, 0.5) is 0 Å². The number of benzene rings is 1. The molecule has 0 unspecified atom stereocenters. The van der Waals surface area contributed by atoms with Gasteiger partial charge in [-0.05, 0) is 19.4 Å². The summed E-state index contributed by atoms with van der Waals surface area (Å²) in [5, 5.41) is 12.6. The second-order valence-electron chi connectivity index (χ2n) is 5.15. The van der Waals surface area contributed by atoms with Crippen molar-refractivity contribution in [3.8, 4) is 0 Å². The molecule has 1 heterocycles. The molecule has 0 spiro atoms. The Labute approximate surface area is 115 Å². The van der Waals surface area contributed by atoms with Crippen LogP contribution in [0.3, 0.4) is 0 Å². The van der Waals surface area contributed by atoms with Crippen LogP contribution < -0.4 is 5.32 Å². The van der Waals surface area contributed by atoms with E-state index in [-0.39, 0.29) is 5.91 Å². The van der Waals surface area contributed by atoms with Crippen molar-refractivity contribution in [1.82, 2.24) is 5.32 Å². The van der Waals surface area contributed by atoms with E-state index in [1.165, 1.54) is 0 Å². The van der Waals surface area contributed by atoms with Crippen LogP contribution in [0.5, 0.6) is 0 Å². The van der Waals surface area contributed by atoms with Crippen molar-refractivity contribution in [2.24, 2.45) is 11.8 Å². The fraction of sp³-hybridized carbons (Fsp3) is 0.333. The molecule has 1 aromatic heterocycles. The Hall–Kier alpha value is -2.30. The van der Waals surface area contributed by atoms with Gasteiger partial charge in [0.25, 0.3) is 0 Å². The maximum Gasteiger partial charge on any atom is 0.307 e. The third-order valence-corrected chi connectivity index (χ3v) is 3.81. The first-order valence-corrected chi connectivity index (χ1v) is 6.55. The summed E-state index contributed by atoms with van der Waals surface area (Å²) in [5.74, 6) is -1.31. The number of carbonyl (C=O) groups excluding carboxylic acids is 1. The lowest BCUT2D eigenvalue weighted by Crippen LogP contribution is -2.26. The number of fused-ring (bicyclic) bond motifs is 1. The first-order valence-electron chi connectivity index (χ1n) is 6.55. The Kier molecular flexibility index (Phi) is 2.97. The Morgan fingerprint density at radius 3 is 2.75 bits per heavy atom. The van der Waals surface area contributed by atoms with Gasteiger partial charge in [-0.2, -0.15) is 0 Å². The zero-order valence-electron chi connectivity index (χ0n) is 11.1. The van der Waals surface area contributed by atoms with Crippen LogP contribution in [-0.2, 0) is 16.1 Å². The molecule has 1 aliphatic carbocycles. The first-order chi connectivity index (χ1) is 9.58. The largest absolute Gasteiger partial charge is 0.481 e. The summed E-state index contributed by atoms with van der Waals surface area (Å²) >= 11 is 0. The Morgan fingerprint density at radius 1 is 1.35 bits per heavy atom. The van der Waals surface area contributed by atoms with Gasteiger partial charge in [0, 0.05) is 10.9 Å². The van der Waals surface area contributed by atoms with E-state index in [1.54, 1.807) is 0 Å². The molecule has 2 aromatic rings. The zero-order valence-corrected chi connectivity index (χ0v) is 11.1. The highest BCUT2D eigenvalue weighted by Crippen LogP contribution is 2.38. The number of carboxylic acid groups (broad SMARTS) is 1. The number of amides is 1. The SMILES string of the molecule is Cc1c(CNC(=O)[C@H]2C[C@@H]2C(=O)O)oc2ccccc12. The standard InChI is InChI=1S/C15H15NO4/c1-8-9-4-2-3-5-12(9)20-13(8)7-16-14(17)10-6-11(10)15(18)19/h2-5,10-11H,6-7H2,1H3,(H,16,17)(H,18,19)/t10-,11-/m0/s1. The summed E-state index contributed by atoms with van der Waals surface area (Å²) in [6.45, 7) is 2.24. The number of carboxylic acids is 1. The number of rotatable bonds is 4. The van der Waals surface area contributed by atoms with Gasteiger partial charge in [0.1, 0.15) is 11.3 Å². The quantitative estimate of drug-likeness (QED) is 0.893. The molecule has 104 valence electrons. The van der Waals surface area contributed by atoms with E-state index in [2.05, 4.69) is 5.32 Å². The molecule has 1 aromatic carbocycles. The molecule has 3 rings (SSSR count). The molecule has 20 heavy (non-hydrogen) atoms. The van der Waals surface area contributed by atoms with Gasteiger partial charge in [-0.1, -0.05) is 18.2 Å². The van der Waals surface area contributed by atoms with Crippen molar-refractivity contribution in [2.45, 2.75) is 19.9 Å². The average molecular weight is 273 g/mol. The van der Waals surface area contributed by atoms with Gasteiger partial charge in [0.05, 0.1) is 18.4 Å². The Bertz CT molecular complexity index is 688. The van der Waals surface area contributed by atoms with Crippen molar-refractivity contribution < 1.29 is 19.1 Å². The molecule has 0 saturated heterocycles. The molecule has 5 heteroatoms. The van der Waals surface area contributed by atoms with Gasteiger partial charge in [-0.15, -0.1) is 0 Å². The van der Waals surface area contributed by atoms with E-state index in [4.69, 9.17) is 9.52 Å². The van der Waals surface area contributed by atoms with E-state index in [0.717, 1.165) is 16.5 Å². The van der Waals surface area contributed by atoms with Gasteiger partial charge >= 0.3 is 5.97 Å². The molecule has 1 amide bonds. The first kappa shape index (κ1) is 12.7. The van der Waals surface area contributed by atoms with E-state index in [9.17, 15) is 9.59 Å². The Morgan fingerprint density at radius 2 is 2.10 bits per heavy atom. The normalized spacial score (nSPS) is 20.9. The number of furan rings is 1. The highest BCUT2D eigenvalue weighted by atomic mass is 16.4. The summed E-state index contributed by atoms with van der Waals surface area (Å²) in [5.41, 5.74) is 1.80. The fourth-order valence-corrected chi connectivity index (χ4v) is 2.45. The molecular formula is C15H15NO4. The summed E-state index contributed by atoms with van der Waals surface area (Å²) < 4.78 is 5.69. The summed E-state index contributed by atoms with van der Waals surface area (Å²) in [6.07, 6.45) is 0.431. The predicted octanol–water partition coefficient (Wildman–Crippen LogP) is 2.08.